The van der Waals surface area contributed by atoms with Gasteiger partial charge in [-0.2, -0.15) is 0 Å². The van der Waals surface area contributed by atoms with E-state index < -0.39 is 0 Å². The molecule has 1 saturated carbocycles. The van der Waals surface area contributed by atoms with Gasteiger partial charge in [-0.05, 0) is 36.5 Å². The first-order chi connectivity index (χ1) is 7.99. The van der Waals surface area contributed by atoms with E-state index >= 15 is 0 Å². The monoisotopic (exact) mass is 253 g/mol. The summed E-state index contributed by atoms with van der Waals surface area (Å²) < 4.78 is 0. The lowest BCUT2D eigenvalue weighted by Gasteiger charge is -2.41. The second-order valence-corrected chi connectivity index (χ2v) is 6.05. The number of benzene rings is 1. The Morgan fingerprint density at radius 2 is 2.12 bits per heavy atom. The summed E-state index contributed by atoms with van der Waals surface area (Å²) in [6.07, 6.45) is 3.30. The van der Waals surface area contributed by atoms with E-state index in [4.69, 9.17) is 11.6 Å². The minimum Gasteiger partial charge on any atom is -0.394 e. The van der Waals surface area contributed by atoms with Crippen molar-refractivity contribution < 1.29 is 5.11 Å². The quantitative estimate of drug-likeness (QED) is 0.861. The molecule has 0 saturated heterocycles. The fraction of sp³-hybridized carbons (Fsp3) is 0.571. The van der Waals surface area contributed by atoms with Gasteiger partial charge in [0.25, 0.3) is 0 Å². The molecule has 1 fully saturated rings. The molecular weight excluding hydrogens is 234 g/mol. The third-order valence-corrected chi connectivity index (χ3v) is 4.41. The van der Waals surface area contributed by atoms with Crippen LogP contribution >= 0.6 is 11.6 Å². The van der Waals surface area contributed by atoms with Crippen molar-refractivity contribution in [1.82, 2.24) is 0 Å². The van der Waals surface area contributed by atoms with Gasteiger partial charge >= 0.3 is 0 Å². The first kappa shape index (κ1) is 12.7. The average molecular weight is 254 g/mol. The lowest BCUT2D eigenvalue weighted by Crippen LogP contribution is -2.50. The molecule has 0 spiro atoms. The van der Waals surface area contributed by atoms with E-state index in [1.165, 1.54) is 0 Å². The highest BCUT2D eigenvalue weighted by molar-refractivity contribution is 6.30. The predicted molar refractivity (Wildman–Crippen MR) is 72.5 cm³/mol. The molecule has 0 amide bonds. The van der Waals surface area contributed by atoms with Gasteiger partial charge in [0.15, 0.2) is 0 Å². The van der Waals surface area contributed by atoms with Crippen molar-refractivity contribution in [1.29, 1.82) is 0 Å². The maximum Gasteiger partial charge on any atom is 0.0666 e. The van der Waals surface area contributed by atoms with Crippen LogP contribution in [-0.2, 0) is 0 Å². The van der Waals surface area contributed by atoms with Gasteiger partial charge in [-0.3, -0.25) is 0 Å². The van der Waals surface area contributed by atoms with Crippen molar-refractivity contribution in [3.8, 4) is 0 Å². The van der Waals surface area contributed by atoms with Gasteiger partial charge in [0, 0.05) is 10.7 Å². The number of nitrogens with one attached hydrogen (secondary N) is 1. The second kappa shape index (κ2) is 4.51. The Kier molecular flexibility index (Phi) is 3.37. The van der Waals surface area contributed by atoms with Crippen LogP contribution in [0.25, 0.3) is 0 Å². The first-order valence-corrected chi connectivity index (χ1v) is 6.52. The number of halogens is 1. The molecule has 94 valence electrons. The number of rotatable bonds is 3. The van der Waals surface area contributed by atoms with Crippen LogP contribution in [0.1, 0.15) is 33.1 Å². The summed E-state index contributed by atoms with van der Waals surface area (Å²) in [7, 11) is 0. The molecule has 1 aromatic carbocycles. The predicted octanol–water partition coefficient (Wildman–Crippen LogP) is 3.69. The van der Waals surface area contributed by atoms with Gasteiger partial charge in [0.1, 0.15) is 0 Å². The summed E-state index contributed by atoms with van der Waals surface area (Å²) in [5, 5.41) is 14.0. The molecule has 1 unspecified atom stereocenters. The summed E-state index contributed by atoms with van der Waals surface area (Å²) >= 11 is 5.99. The molecule has 0 aromatic heterocycles. The normalized spacial score (nSPS) is 27.1. The molecule has 17 heavy (non-hydrogen) atoms. The molecule has 1 aliphatic rings. The molecule has 1 aliphatic carbocycles. The smallest absolute Gasteiger partial charge is 0.0666 e. The molecular formula is C14H20ClNO. The van der Waals surface area contributed by atoms with Crippen molar-refractivity contribution in [3.05, 3.63) is 29.3 Å². The van der Waals surface area contributed by atoms with E-state index in [1.54, 1.807) is 0 Å². The minimum atomic E-state index is -0.225. The highest BCUT2D eigenvalue weighted by Gasteiger charge is 2.48. The van der Waals surface area contributed by atoms with Crippen molar-refractivity contribution in [3.63, 3.8) is 0 Å². The third kappa shape index (κ3) is 2.29. The van der Waals surface area contributed by atoms with Crippen LogP contribution in [0.4, 0.5) is 5.69 Å². The van der Waals surface area contributed by atoms with E-state index in [1.807, 2.05) is 24.3 Å². The summed E-state index contributed by atoms with van der Waals surface area (Å²) in [6, 6.07) is 7.70. The molecule has 1 aromatic rings. The molecule has 0 radical (unpaired) electrons. The SMILES string of the molecule is CC1(C)CCCC1(CO)Nc1cccc(Cl)c1. The van der Waals surface area contributed by atoms with Crippen LogP contribution in [0.5, 0.6) is 0 Å². The standard InChI is InChI=1S/C14H20ClNO/c1-13(2)7-4-8-14(13,10-17)16-12-6-3-5-11(15)9-12/h3,5-6,9,16-17H,4,7-8,10H2,1-2H3. The Bertz CT molecular complexity index is 405. The first-order valence-electron chi connectivity index (χ1n) is 6.14. The van der Waals surface area contributed by atoms with Crippen molar-refractivity contribution in [2.45, 2.75) is 38.6 Å². The number of hydrogen-bond acceptors (Lipinski definition) is 2. The molecule has 2 rings (SSSR count). The van der Waals surface area contributed by atoms with Gasteiger partial charge in [0.2, 0.25) is 0 Å². The Balaban J connectivity index is 2.26. The zero-order valence-electron chi connectivity index (χ0n) is 10.5. The van der Waals surface area contributed by atoms with Crippen LogP contribution in [0, 0.1) is 5.41 Å². The number of aliphatic hydroxyl groups is 1. The Morgan fingerprint density at radius 1 is 1.35 bits per heavy atom. The summed E-state index contributed by atoms with van der Waals surface area (Å²) in [6.45, 7) is 4.59. The fourth-order valence-corrected chi connectivity index (χ4v) is 3.01. The zero-order valence-corrected chi connectivity index (χ0v) is 11.2. The number of aliphatic hydroxyl groups excluding tert-OH is 1. The highest BCUT2D eigenvalue weighted by Crippen LogP contribution is 2.47. The Morgan fingerprint density at radius 3 is 2.65 bits per heavy atom. The Hall–Kier alpha value is -0.730. The van der Waals surface area contributed by atoms with Gasteiger partial charge in [-0.25, -0.2) is 0 Å². The van der Waals surface area contributed by atoms with E-state index in [0.29, 0.717) is 0 Å². The topological polar surface area (TPSA) is 32.3 Å². The third-order valence-electron chi connectivity index (χ3n) is 4.18. The molecule has 2 N–H and O–H groups in total. The molecule has 0 aliphatic heterocycles. The molecule has 1 atom stereocenters. The zero-order chi connectivity index (χ0) is 12.5. The van der Waals surface area contributed by atoms with Crippen LogP contribution in [0.3, 0.4) is 0 Å². The average Bonchev–Trinajstić information content (AvgIpc) is 2.55. The van der Waals surface area contributed by atoms with Crippen LogP contribution in [0.2, 0.25) is 5.02 Å². The van der Waals surface area contributed by atoms with E-state index in [0.717, 1.165) is 30.0 Å². The minimum absolute atomic E-state index is 0.101. The number of hydrogen-bond donors (Lipinski definition) is 2. The largest absolute Gasteiger partial charge is 0.394 e. The van der Waals surface area contributed by atoms with Crippen molar-refractivity contribution in [2.24, 2.45) is 5.41 Å². The molecule has 0 bridgehead atoms. The Labute approximate surface area is 108 Å². The highest BCUT2D eigenvalue weighted by atomic mass is 35.5. The lowest BCUT2D eigenvalue weighted by atomic mass is 9.75. The van der Waals surface area contributed by atoms with E-state index in [2.05, 4.69) is 19.2 Å². The second-order valence-electron chi connectivity index (χ2n) is 5.61. The van der Waals surface area contributed by atoms with E-state index in [9.17, 15) is 5.11 Å². The van der Waals surface area contributed by atoms with Crippen molar-refractivity contribution >= 4 is 17.3 Å². The van der Waals surface area contributed by atoms with Gasteiger partial charge in [-0.1, -0.05) is 37.9 Å². The van der Waals surface area contributed by atoms with Crippen LogP contribution < -0.4 is 5.32 Å². The lowest BCUT2D eigenvalue weighted by molar-refractivity contribution is 0.128. The van der Waals surface area contributed by atoms with Crippen LogP contribution in [-0.4, -0.2) is 17.3 Å². The molecule has 3 heteroatoms. The van der Waals surface area contributed by atoms with Gasteiger partial charge in [-0.15, -0.1) is 0 Å². The summed E-state index contributed by atoms with van der Waals surface area (Å²) in [5.74, 6) is 0. The summed E-state index contributed by atoms with van der Waals surface area (Å²) in [4.78, 5) is 0. The molecule has 2 nitrogen and oxygen atoms in total. The maximum atomic E-state index is 9.79. The van der Waals surface area contributed by atoms with Gasteiger partial charge < -0.3 is 10.4 Å². The summed E-state index contributed by atoms with van der Waals surface area (Å²) in [5.41, 5.74) is 0.864. The van der Waals surface area contributed by atoms with Gasteiger partial charge in [0.05, 0.1) is 12.1 Å². The van der Waals surface area contributed by atoms with Crippen molar-refractivity contribution in [2.75, 3.05) is 11.9 Å². The van der Waals surface area contributed by atoms with E-state index in [-0.39, 0.29) is 17.6 Å². The molecule has 0 heterocycles. The number of anilines is 1. The maximum absolute atomic E-state index is 9.79. The fourth-order valence-electron chi connectivity index (χ4n) is 2.82. The van der Waals surface area contributed by atoms with Crippen LogP contribution in [0.15, 0.2) is 24.3 Å².